The Hall–Kier alpha value is -0.893. The molecule has 0 bridgehead atoms. The van der Waals surface area contributed by atoms with Gasteiger partial charge in [-0.15, -0.1) is 0 Å². The number of hydrogen-bond acceptors (Lipinski definition) is 5. The van der Waals surface area contributed by atoms with E-state index in [1.54, 1.807) is 0 Å². The first-order valence-corrected chi connectivity index (χ1v) is 12.8. The molecule has 0 amide bonds. The van der Waals surface area contributed by atoms with Gasteiger partial charge in [-0.2, -0.15) is 0 Å². The predicted molar refractivity (Wildman–Crippen MR) is 109 cm³/mol. The number of ether oxygens (including phenoxy) is 1. The summed E-state index contributed by atoms with van der Waals surface area (Å²) in [5.74, 6) is 0.134. The van der Waals surface area contributed by atoms with Crippen LogP contribution < -0.4 is 0 Å². The summed E-state index contributed by atoms with van der Waals surface area (Å²) in [7, 11) is -2.06. The van der Waals surface area contributed by atoms with Crippen LogP contribution in [0, 0.1) is 23.0 Å². The molecule has 1 aliphatic heterocycles. The van der Waals surface area contributed by atoms with Gasteiger partial charge >= 0.3 is 5.06 Å². The lowest BCUT2D eigenvalue weighted by atomic mass is 10.0. The van der Waals surface area contributed by atoms with Gasteiger partial charge in [0, 0.05) is 4.90 Å². The molecule has 26 heavy (non-hydrogen) atoms. The van der Waals surface area contributed by atoms with Crippen molar-refractivity contribution in [2.75, 3.05) is 0 Å². The fourth-order valence-electron chi connectivity index (χ4n) is 2.53. The predicted octanol–water partition coefficient (Wildman–Crippen LogP) is 5.46. The quantitative estimate of drug-likeness (QED) is 0.201. The number of hydrogen-bond donors (Lipinski definition) is 0. The summed E-state index contributed by atoms with van der Waals surface area (Å²) in [6.07, 6.45) is -0.836. The summed E-state index contributed by atoms with van der Waals surface area (Å²) in [5, 5.41) is 10.5. The van der Waals surface area contributed by atoms with E-state index in [0.717, 1.165) is 10.5 Å². The second kappa shape index (κ2) is 7.26. The van der Waals surface area contributed by atoms with E-state index in [0.29, 0.717) is 0 Å². The molecule has 0 spiro atoms. The van der Waals surface area contributed by atoms with Gasteiger partial charge in [0.05, 0.1) is 11.0 Å². The lowest BCUT2D eigenvalue weighted by Crippen LogP contribution is -2.48. The molecule has 0 N–H and O–H groups in total. The highest BCUT2D eigenvalue weighted by atomic mass is 32.2. The van der Waals surface area contributed by atoms with Crippen LogP contribution in [0.3, 0.4) is 0 Å². The number of benzene rings is 1. The van der Waals surface area contributed by atoms with Gasteiger partial charge < -0.3 is 4.43 Å². The Kier molecular flexibility index (Phi) is 5.98. The average Bonchev–Trinajstić information content (AvgIpc) is 3.21. The third-order valence-corrected chi connectivity index (χ3v) is 11.1. The van der Waals surface area contributed by atoms with Gasteiger partial charge in [0.2, 0.25) is 0 Å². The molecule has 1 aromatic rings. The highest BCUT2D eigenvalue weighted by Gasteiger charge is 2.74. The minimum Gasteiger partial charge on any atom is -0.411 e. The summed E-state index contributed by atoms with van der Waals surface area (Å²) in [5.41, 5.74) is 1.12. The van der Waals surface area contributed by atoms with Crippen LogP contribution in [0.2, 0.25) is 18.1 Å². The second-order valence-corrected chi connectivity index (χ2v) is 14.9. The largest absolute Gasteiger partial charge is 0.411 e. The topological polar surface area (TPSA) is 64.9 Å². The molecule has 1 fully saturated rings. The molecule has 0 radical (unpaired) electrons. The Morgan fingerprint density at radius 1 is 1.27 bits per heavy atom. The van der Waals surface area contributed by atoms with Crippen molar-refractivity contribution in [3.05, 3.63) is 39.9 Å². The van der Waals surface area contributed by atoms with Gasteiger partial charge in [-0.1, -0.05) is 52.3 Å². The van der Waals surface area contributed by atoms with Crippen LogP contribution >= 0.6 is 11.8 Å². The van der Waals surface area contributed by atoms with E-state index < -0.39 is 19.5 Å². The highest BCUT2D eigenvalue weighted by Crippen LogP contribution is 2.54. The molecule has 1 aliphatic rings. The molecular formula is C19H31NO4SSi. The molecule has 1 aromatic carbocycles. The second-order valence-electron chi connectivity index (χ2n) is 8.93. The van der Waals surface area contributed by atoms with E-state index in [1.807, 2.05) is 45.0 Å². The molecule has 0 unspecified atom stereocenters. The third-order valence-electron chi connectivity index (χ3n) is 5.33. The Balaban J connectivity index is 2.24. The normalized spacial score (nSPS) is 24.6. The molecule has 1 heterocycles. The van der Waals surface area contributed by atoms with E-state index in [2.05, 4.69) is 33.9 Å². The van der Waals surface area contributed by atoms with Crippen molar-refractivity contribution >= 4 is 20.1 Å². The number of rotatable bonds is 7. The first kappa shape index (κ1) is 21.4. The zero-order valence-corrected chi connectivity index (χ0v) is 18.8. The Morgan fingerprint density at radius 2 is 1.81 bits per heavy atom. The van der Waals surface area contributed by atoms with Crippen LogP contribution in [0.1, 0.15) is 40.2 Å². The summed E-state index contributed by atoms with van der Waals surface area (Å²) >= 11 is 1.18. The summed E-state index contributed by atoms with van der Waals surface area (Å²) in [6.45, 7) is 16.9. The molecule has 2 rings (SSSR count). The van der Waals surface area contributed by atoms with Crippen LogP contribution in [0.4, 0.5) is 0 Å². The summed E-state index contributed by atoms with van der Waals surface area (Å²) in [4.78, 5) is 12.4. The molecule has 3 atom stereocenters. The number of nitrogens with zero attached hydrogens (tertiary/aromatic N) is 1. The SMILES string of the molecule is Cc1ccc(S[C@]2([N+](=O)[O-])O[C@H]2[C@@H](O[Si](C)(C)C(C)(C)C)C(C)C)cc1. The van der Waals surface area contributed by atoms with Crippen LogP contribution in [0.25, 0.3) is 0 Å². The lowest BCUT2D eigenvalue weighted by molar-refractivity contribution is -0.532. The minimum absolute atomic E-state index is 0.0381. The zero-order chi connectivity index (χ0) is 19.9. The molecule has 0 saturated carbocycles. The molecule has 0 aliphatic carbocycles. The van der Waals surface area contributed by atoms with Crippen LogP contribution in [0.15, 0.2) is 29.2 Å². The Labute approximate surface area is 162 Å². The van der Waals surface area contributed by atoms with Gasteiger partial charge in [0.1, 0.15) is 0 Å². The highest BCUT2D eigenvalue weighted by molar-refractivity contribution is 8.00. The maximum absolute atomic E-state index is 11.9. The molecular weight excluding hydrogens is 366 g/mol. The minimum atomic E-state index is -2.06. The first-order chi connectivity index (χ1) is 11.8. The smallest absolute Gasteiger partial charge is 0.408 e. The fourth-order valence-corrected chi connectivity index (χ4v) is 5.04. The summed E-state index contributed by atoms with van der Waals surface area (Å²) < 4.78 is 12.3. The number of nitro groups is 1. The van der Waals surface area contributed by atoms with Gasteiger partial charge in [-0.3, -0.25) is 14.9 Å². The summed E-state index contributed by atoms with van der Waals surface area (Å²) in [6, 6.07) is 7.73. The van der Waals surface area contributed by atoms with Gasteiger partial charge in [-0.05, 0) is 54.9 Å². The first-order valence-electron chi connectivity index (χ1n) is 9.06. The molecule has 146 valence electrons. The van der Waals surface area contributed by atoms with Gasteiger partial charge in [-0.25, -0.2) is 0 Å². The number of epoxide rings is 1. The van der Waals surface area contributed by atoms with E-state index in [-0.39, 0.29) is 22.0 Å². The maximum Gasteiger partial charge on any atom is 0.408 e. The molecule has 1 saturated heterocycles. The molecule has 7 heteroatoms. The van der Waals surface area contributed by atoms with E-state index in [1.165, 1.54) is 11.8 Å². The van der Waals surface area contributed by atoms with E-state index in [4.69, 9.17) is 9.16 Å². The zero-order valence-electron chi connectivity index (χ0n) is 17.0. The van der Waals surface area contributed by atoms with Crippen LogP contribution in [0.5, 0.6) is 0 Å². The number of thioether (sulfide) groups is 1. The van der Waals surface area contributed by atoms with Crippen LogP contribution in [-0.2, 0) is 9.16 Å². The van der Waals surface area contributed by atoms with E-state index >= 15 is 0 Å². The lowest BCUT2D eigenvalue weighted by Gasteiger charge is -2.40. The maximum atomic E-state index is 11.9. The van der Waals surface area contributed by atoms with Crippen molar-refractivity contribution in [2.45, 2.75) is 81.8 Å². The van der Waals surface area contributed by atoms with Crippen molar-refractivity contribution in [1.29, 1.82) is 0 Å². The van der Waals surface area contributed by atoms with Crippen molar-refractivity contribution in [3.8, 4) is 0 Å². The van der Waals surface area contributed by atoms with Crippen molar-refractivity contribution in [3.63, 3.8) is 0 Å². The monoisotopic (exact) mass is 397 g/mol. The van der Waals surface area contributed by atoms with Gasteiger partial charge in [0.25, 0.3) is 0 Å². The standard InChI is InChI=1S/C19H31NO4SSi/c1-13(2)16(24-26(7,8)18(4,5)6)17-19(23-17,20(21)22)25-15-11-9-14(3)10-12-15/h9-13,16-17H,1-8H3/t16-,17-,19+/m0/s1. The molecule has 0 aromatic heterocycles. The van der Waals surface area contributed by atoms with E-state index in [9.17, 15) is 10.1 Å². The molecule has 5 nitrogen and oxygen atoms in total. The Morgan fingerprint density at radius 3 is 2.23 bits per heavy atom. The Bertz CT molecular complexity index is 656. The van der Waals surface area contributed by atoms with Crippen molar-refractivity contribution in [1.82, 2.24) is 0 Å². The third kappa shape index (κ3) is 4.32. The van der Waals surface area contributed by atoms with Crippen molar-refractivity contribution in [2.24, 2.45) is 5.92 Å². The number of aryl methyl sites for hydroxylation is 1. The average molecular weight is 398 g/mol. The van der Waals surface area contributed by atoms with Gasteiger partial charge in [0.15, 0.2) is 14.4 Å². The van der Waals surface area contributed by atoms with Crippen LogP contribution in [-0.4, -0.2) is 30.5 Å². The fraction of sp³-hybridized carbons (Fsp3) is 0.684. The van der Waals surface area contributed by atoms with Crippen molar-refractivity contribution < 1.29 is 14.1 Å².